The average Bonchev–Trinajstić information content (AvgIpc) is 2.93. The smallest absolute Gasteiger partial charge is 0.129 e. The monoisotopic (exact) mass is 274 g/mol. The van der Waals surface area contributed by atoms with Gasteiger partial charge in [0.1, 0.15) is 18.1 Å². The van der Waals surface area contributed by atoms with Crippen LogP contribution in [0.15, 0.2) is 40.9 Å². The van der Waals surface area contributed by atoms with Crippen molar-refractivity contribution >= 4 is 0 Å². The van der Waals surface area contributed by atoms with Gasteiger partial charge in [0.05, 0.1) is 13.2 Å². The first-order valence-corrected chi connectivity index (χ1v) is 7.14. The molecule has 0 amide bonds. The molecule has 0 aliphatic heterocycles. The number of nitrogens with one attached hydrogen (secondary N) is 1. The fourth-order valence-corrected chi connectivity index (χ4v) is 1.88. The Morgan fingerprint density at radius 2 is 2.10 bits per heavy atom. The van der Waals surface area contributed by atoms with Crippen LogP contribution in [0.2, 0.25) is 0 Å². The van der Waals surface area contributed by atoms with Gasteiger partial charge in [0, 0.05) is 18.3 Å². The molecule has 0 saturated heterocycles. The van der Waals surface area contributed by atoms with E-state index in [0.717, 1.165) is 43.1 Å². The molecular formula is C16H22N2O2. The first-order valence-electron chi connectivity index (χ1n) is 7.14. The van der Waals surface area contributed by atoms with Crippen LogP contribution in [0.3, 0.4) is 0 Å². The topological polar surface area (TPSA) is 47.3 Å². The minimum Gasteiger partial charge on any atom is -0.462 e. The van der Waals surface area contributed by atoms with Crippen molar-refractivity contribution in [2.75, 3.05) is 13.2 Å². The number of hydrogen-bond acceptors (Lipinski definition) is 4. The maximum Gasteiger partial charge on any atom is 0.129 e. The summed E-state index contributed by atoms with van der Waals surface area (Å²) in [5.41, 5.74) is 1.05. The van der Waals surface area contributed by atoms with E-state index in [1.54, 1.807) is 6.20 Å². The minimum absolute atomic E-state index is 0.514. The number of aromatic nitrogens is 1. The third-order valence-corrected chi connectivity index (χ3v) is 2.92. The van der Waals surface area contributed by atoms with Crippen molar-refractivity contribution < 1.29 is 9.15 Å². The van der Waals surface area contributed by atoms with Gasteiger partial charge in [-0.05, 0) is 37.2 Å². The molecule has 20 heavy (non-hydrogen) atoms. The molecular weight excluding hydrogens is 252 g/mol. The van der Waals surface area contributed by atoms with Gasteiger partial charge in [-0.25, -0.2) is 0 Å². The molecule has 0 radical (unpaired) electrons. The number of pyridine rings is 1. The number of nitrogens with zero attached hydrogens (tertiary/aromatic N) is 1. The van der Waals surface area contributed by atoms with E-state index in [1.807, 2.05) is 30.3 Å². The molecule has 0 saturated carbocycles. The van der Waals surface area contributed by atoms with Crippen molar-refractivity contribution in [3.8, 4) is 0 Å². The molecule has 4 heteroatoms. The summed E-state index contributed by atoms with van der Waals surface area (Å²) in [6.45, 7) is 5.11. The molecule has 0 fully saturated rings. The molecule has 0 aromatic carbocycles. The summed E-state index contributed by atoms with van der Waals surface area (Å²) < 4.78 is 11.3. The van der Waals surface area contributed by atoms with Crippen molar-refractivity contribution in [3.05, 3.63) is 53.7 Å². The van der Waals surface area contributed by atoms with Crippen molar-refractivity contribution in [3.63, 3.8) is 0 Å². The average molecular weight is 274 g/mol. The molecule has 1 N–H and O–H groups in total. The molecule has 0 atom stereocenters. The second kappa shape index (κ2) is 8.51. The SMILES string of the molecule is CCCNCc1ccc(COCCc2ccccn2)o1. The fourth-order valence-electron chi connectivity index (χ4n) is 1.88. The molecule has 2 heterocycles. The summed E-state index contributed by atoms with van der Waals surface area (Å²) >= 11 is 0. The highest BCUT2D eigenvalue weighted by Gasteiger charge is 2.02. The Kier molecular flexibility index (Phi) is 6.27. The van der Waals surface area contributed by atoms with E-state index in [1.165, 1.54) is 0 Å². The Balaban J connectivity index is 1.64. The van der Waals surface area contributed by atoms with Crippen LogP contribution in [0, 0.1) is 0 Å². The van der Waals surface area contributed by atoms with Gasteiger partial charge in [-0.15, -0.1) is 0 Å². The summed E-state index contributed by atoms with van der Waals surface area (Å²) in [6, 6.07) is 9.89. The largest absolute Gasteiger partial charge is 0.462 e. The third-order valence-electron chi connectivity index (χ3n) is 2.92. The normalized spacial score (nSPS) is 10.8. The lowest BCUT2D eigenvalue weighted by atomic mass is 10.3. The van der Waals surface area contributed by atoms with Crippen molar-refractivity contribution in [2.24, 2.45) is 0 Å². The van der Waals surface area contributed by atoms with Gasteiger partial charge < -0.3 is 14.5 Å². The zero-order valence-corrected chi connectivity index (χ0v) is 12.0. The highest BCUT2D eigenvalue weighted by Crippen LogP contribution is 2.09. The summed E-state index contributed by atoms with van der Waals surface area (Å²) in [6.07, 6.45) is 3.76. The van der Waals surface area contributed by atoms with E-state index in [4.69, 9.17) is 9.15 Å². The molecule has 2 rings (SSSR count). The zero-order valence-electron chi connectivity index (χ0n) is 12.0. The molecule has 0 bridgehead atoms. The molecule has 0 unspecified atom stereocenters. The van der Waals surface area contributed by atoms with Crippen LogP contribution in [-0.4, -0.2) is 18.1 Å². The number of rotatable bonds is 9. The zero-order chi connectivity index (χ0) is 14.0. The predicted octanol–water partition coefficient (Wildman–Crippen LogP) is 2.93. The van der Waals surface area contributed by atoms with Gasteiger partial charge in [0.25, 0.3) is 0 Å². The first kappa shape index (κ1) is 14.8. The van der Waals surface area contributed by atoms with Gasteiger partial charge in [-0.2, -0.15) is 0 Å². The molecule has 4 nitrogen and oxygen atoms in total. The maximum atomic E-state index is 5.68. The molecule has 108 valence electrons. The Hall–Kier alpha value is -1.65. The molecule has 0 aliphatic carbocycles. The summed E-state index contributed by atoms with van der Waals surface area (Å²) in [4.78, 5) is 4.26. The van der Waals surface area contributed by atoms with Gasteiger partial charge in [0.2, 0.25) is 0 Å². The van der Waals surface area contributed by atoms with E-state index in [-0.39, 0.29) is 0 Å². The first-order chi connectivity index (χ1) is 9.88. The molecule has 2 aromatic rings. The van der Waals surface area contributed by atoms with E-state index < -0.39 is 0 Å². The summed E-state index contributed by atoms with van der Waals surface area (Å²) in [5, 5.41) is 3.31. The Morgan fingerprint density at radius 3 is 2.90 bits per heavy atom. The minimum atomic E-state index is 0.514. The van der Waals surface area contributed by atoms with Crippen LogP contribution in [-0.2, 0) is 24.3 Å². The van der Waals surface area contributed by atoms with Crippen LogP contribution < -0.4 is 5.32 Å². The Labute approximate surface area is 120 Å². The number of ether oxygens (including phenoxy) is 1. The van der Waals surface area contributed by atoms with Crippen LogP contribution >= 0.6 is 0 Å². The highest BCUT2D eigenvalue weighted by molar-refractivity contribution is 5.06. The second-order valence-corrected chi connectivity index (χ2v) is 4.67. The van der Waals surface area contributed by atoms with E-state index in [0.29, 0.717) is 13.2 Å². The van der Waals surface area contributed by atoms with Gasteiger partial charge in [-0.1, -0.05) is 13.0 Å². The molecule has 0 aliphatic rings. The standard InChI is InChI=1S/C16H22N2O2/c1-2-9-17-12-15-6-7-16(20-15)13-19-11-8-14-5-3-4-10-18-14/h3-7,10,17H,2,8-9,11-13H2,1H3. The Bertz CT molecular complexity index is 482. The van der Waals surface area contributed by atoms with Gasteiger partial charge >= 0.3 is 0 Å². The van der Waals surface area contributed by atoms with Gasteiger partial charge in [0.15, 0.2) is 0 Å². The van der Waals surface area contributed by atoms with Crippen LogP contribution in [0.25, 0.3) is 0 Å². The van der Waals surface area contributed by atoms with Crippen LogP contribution in [0.5, 0.6) is 0 Å². The molecule has 2 aromatic heterocycles. The van der Waals surface area contributed by atoms with Crippen molar-refractivity contribution in [1.29, 1.82) is 0 Å². The summed E-state index contributed by atoms with van der Waals surface area (Å²) in [7, 11) is 0. The maximum absolute atomic E-state index is 5.68. The lowest BCUT2D eigenvalue weighted by molar-refractivity contribution is 0.107. The predicted molar refractivity (Wildman–Crippen MR) is 78.3 cm³/mol. The second-order valence-electron chi connectivity index (χ2n) is 4.67. The number of hydrogen-bond donors (Lipinski definition) is 1. The van der Waals surface area contributed by atoms with E-state index in [9.17, 15) is 0 Å². The third kappa shape index (κ3) is 5.15. The van der Waals surface area contributed by atoms with Crippen molar-refractivity contribution in [2.45, 2.75) is 32.9 Å². The van der Waals surface area contributed by atoms with E-state index in [2.05, 4.69) is 17.2 Å². The van der Waals surface area contributed by atoms with Crippen LogP contribution in [0.4, 0.5) is 0 Å². The Morgan fingerprint density at radius 1 is 1.20 bits per heavy atom. The van der Waals surface area contributed by atoms with Crippen LogP contribution in [0.1, 0.15) is 30.6 Å². The quantitative estimate of drug-likeness (QED) is 0.714. The lowest BCUT2D eigenvalue weighted by Crippen LogP contribution is -2.13. The molecule has 0 spiro atoms. The number of furan rings is 1. The lowest BCUT2D eigenvalue weighted by Gasteiger charge is -2.02. The fraction of sp³-hybridized carbons (Fsp3) is 0.438. The summed E-state index contributed by atoms with van der Waals surface area (Å²) in [5.74, 6) is 1.83. The van der Waals surface area contributed by atoms with E-state index >= 15 is 0 Å². The van der Waals surface area contributed by atoms with Gasteiger partial charge in [-0.3, -0.25) is 4.98 Å². The van der Waals surface area contributed by atoms with Crippen molar-refractivity contribution in [1.82, 2.24) is 10.3 Å². The highest BCUT2D eigenvalue weighted by atomic mass is 16.5.